The first-order valence-electron chi connectivity index (χ1n) is 7.52. The van der Waals surface area contributed by atoms with Gasteiger partial charge in [0.15, 0.2) is 0 Å². The predicted octanol–water partition coefficient (Wildman–Crippen LogP) is 3.27. The Morgan fingerprint density at radius 3 is 2.30 bits per heavy atom. The predicted molar refractivity (Wildman–Crippen MR) is 78.5 cm³/mol. The molecule has 0 saturated carbocycles. The smallest absolute Gasteiger partial charge is 0.407 e. The molecule has 0 bridgehead atoms. The van der Waals surface area contributed by atoms with E-state index in [0.717, 1.165) is 32.1 Å². The maximum absolute atomic E-state index is 11.6. The fraction of sp³-hybridized carbons (Fsp3) is 0.867. The van der Waals surface area contributed by atoms with Gasteiger partial charge < -0.3 is 14.8 Å². The third-order valence-corrected chi connectivity index (χ3v) is 3.27. The molecule has 0 spiro atoms. The summed E-state index contributed by atoms with van der Waals surface area (Å²) in [6.45, 7) is 8.64. The molecule has 0 fully saturated rings. The van der Waals surface area contributed by atoms with E-state index in [4.69, 9.17) is 9.47 Å². The van der Waals surface area contributed by atoms with Crippen molar-refractivity contribution in [1.29, 1.82) is 0 Å². The number of amides is 1. The molecule has 0 radical (unpaired) electrons. The molecule has 20 heavy (non-hydrogen) atoms. The summed E-state index contributed by atoms with van der Waals surface area (Å²) in [5.74, 6) is -0.241. The summed E-state index contributed by atoms with van der Waals surface area (Å²) in [5.41, 5.74) is -0.472. The summed E-state index contributed by atoms with van der Waals surface area (Å²) in [4.78, 5) is 22.9. The Labute approximate surface area is 122 Å². The summed E-state index contributed by atoms with van der Waals surface area (Å²) < 4.78 is 10.1. The number of ether oxygens (including phenoxy) is 2. The zero-order valence-electron chi connectivity index (χ0n) is 13.3. The van der Waals surface area contributed by atoms with Gasteiger partial charge in [0.25, 0.3) is 0 Å². The van der Waals surface area contributed by atoms with Crippen LogP contribution in [0.4, 0.5) is 4.79 Å². The molecule has 0 aromatic heterocycles. The molecule has 0 heterocycles. The van der Waals surface area contributed by atoms with Crippen molar-refractivity contribution in [1.82, 2.24) is 5.32 Å². The van der Waals surface area contributed by atoms with E-state index in [2.05, 4.69) is 12.2 Å². The molecular weight excluding hydrogens is 258 g/mol. The topological polar surface area (TPSA) is 64.6 Å². The van der Waals surface area contributed by atoms with Gasteiger partial charge in [-0.25, -0.2) is 4.79 Å². The Bertz CT molecular complexity index is 290. The lowest BCUT2D eigenvalue weighted by molar-refractivity contribution is -0.153. The van der Waals surface area contributed by atoms with Crippen molar-refractivity contribution in [3.05, 3.63) is 0 Å². The maximum Gasteiger partial charge on any atom is 0.407 e. The van der Waals surface area contributed by atoms with E-state index in [9.17, 15) is 9.59 Å². The number of hydrogen-bond acceptors (Lipinski definition) is 4. The lowest BCUT2D eigenvalue weighted by atomic mass is 9.91. The number of hydrogen-bond donors (Lipinski definition) is 1. The monoisotopic (exact) mass is 287 g/mol. The highest BCUT2D eigenvalue weighted by atomic mass is 16.6. The summed E-state index contributed by atoms with van der Waals surface area (Å²) in [6, 6.07) is 0. The molecule has 0 atom stereocenters. The molecule has 118 valence electrons. The van der Waals surface area contributed by atoms with Crippen LogP contribution in [0.5, 0.6) is 0 Å². The number of nitrogens with one attached hydrogen (secondary N) is 1. The van der Waals surface area contributed by atoms with Gasteiger partial charge >= 0.3 is 12.1 Å². The van der Waals surface area contributed by atoms with Crippen LogP contribution in [0.3, 0.4) is 0 Å². The van der Waals surface area contributed by atoms with Gasteiger partial charge in [-0.15, -0.1) is 0 Å². The highest BCUT2D eigenvalue weighted by Gasteiger charge is 2.26. The SMILES string of the molecule is CCCCCCOC(=O)NCCOC(=O)C(C)(C)CC. The third-order valence-electron chi connectivity index (χ3n) is 3.27. The standard InChI is InChI=1S/C15H29NO4/c1-5-7-8-9-11-20-14(18)16-10-12-19-13(17)15(3,4)6-2/h5-12H2,1-4H3,(H,16,18). The molecule has 1 N–H and O–H groups in total. The zero-order chi connectivity index (χ0) is 15.4. The van der Waals surface area contributed by atoms with Gasteiger partial charge in [-0.2, -0.15) is 0 Å². The Kier molecular flexibility index (Phi) is 9.86. The lowest BCUT2D eigenvalue weighted by Crippen LogP contribution is -2.32. The molecule has 0 aliphatic rings. The Balaban J connectivity index is 3.55. The fourth-order valence-electron chi connectivity index (χ4n) is 1.38. The van der Waals surface area contributed by atoms with Crippen molar-refractivity contribution < 1.29 is 19.1 Å². The molecule has 0 aromatic rings. The normalized spacial score (nSPS) is 11.0. The van der Waals surface area contributed by atoms with E-state index in [1.54, 1.807) is 0 Å². The fourth-order valence-corrected chi connectivity index (χ4v) is 1.38. The van der Waals surface area contributed by atoms with Crippen LogP contribution in [0.2, 0.25) is 0 Å². The second-order valence-electron chi connectivity index (χ2n) is 5.50. The number of rotatable bonds is 10. The molecule has 0 aliphatic carbocycles. The summed E-state index contributed by atoms with van der Waals surface area (Å²) in [5, 5.41) is 2.56. The van der Waals surface area contributed by atoms with E-state index in [1.807, 2.05) is 20.8 Å². The third kappa shape index (κ3) is 8.77. The lowest BCUT2D eigenvalue weighted by Gasteiger charge is -2.20. The minimum absolute atomic E-state index is 0.174. The first-order valence-corrected chi connectivity index (χ1v) is 7.52. The quantitative estimate of drug-likeness (QED) is 0.495. The van der Waals surface area contributed by atoms with Gasteiger partial charge in [-0.05, 0) is 26.7 Å². The van der Waals surface area contributed by atoms with Crippen molar-refractivity contribution in [2.24, 2.45) is 5.41 Å². The minimum atomic E-state index is -0.472. The largest absolute Gasteiger partial charge is 0.463 e. The summed E-state index contributed by atoms with van der Waals surface area (Å²) >= 11 is 0. The van der Waals surface area contributed by atoms with Gasteiger partial charge in [0.05, 0.1) is 18.6 Å². The van der Waals surface area contributed by atoms with Crippen LogP contribution < -0.4 is 5.32 Å². The van der Waals surface area contributed by atoms with Gasteiger partial charge in [0.2, 0.25) is 0 Å². The molecule has 0 aromatic carbocycles. The van der Waals surface area contributed by atoms with Crippen molar-refractivity contribution in [3.8, 4) is 0 Å². The molecular formula is C15H29NO4. The van der Waals surface area contributed by atoms with Crippen molar-refractivity contribution in [3.63, 3.8) is 0 Å². The van der Waals surface area contributed by atoms with E-state index < -0.39 is 11.5 Å². The van der Waals surface area contributed by atoms with Gasteiger partial charge in [-0.1, -0.05) is 33.1 Å². The van der Waals surface area contributed by atoms with Crippen LogP contribution in [-0.2, 0) is 14.3 Å². The Hall–Kier alpha value is -1.26. The van der Waals surface area contributed by atoms with Crippen molar-refractivity contribution in [2.75, 3.05) is 19.8 Å². The van der Waals surface area contributed by atoms with E-state index in [1.165, 1.54) is 0 Å². The Morgan fingerprint density at radius 2 is 1.70 bits per heavy atom. The Morgan fingerprint density at radius 1 is 1.00 bits per heavy atom. The second-order valence-corrected chi connectivity index (χ2v) is 5.50. The molecule has 5 heteroatoms. The number of carbonyl (C=O) groups is 2. The average Bonchev–Trinajstić information content (AvgIpc) is 2.43. The zero-order valence-corrected chi connectivity index (χ0v) is 13.3. The van der Waals surface area contributed by atoms with E-state index >= 15 is 0 Å². The van der Waals surface area contributed by atoms with E-state index in [-0.39, 0.29) is 19.1 Å². The average molecular weight is 287 g/mol. The highest BCUT2D eigenvalue weighted by Crippen LogP contribution is 2.21. The van der Waals surface area contributed by atoms with Gasteiger partial charge in [0.1, 0.15) is 6.61 Å². The van der Waals surface area contributed by atoms with E-state index in [0.29, 0.717) is 6.61 Å². The number of alkyl carbamates (subject to hydrolysis) is 1. The molecule has 5 nitrogen and oxygen atoms in total. The molecule has 0 unspecified atom stereocenters. The maximum atomic E-state index is 11.6. The summed E-state index contributed by atoms with van der Waals surface area (Å²) in [7, 11) is 0. The van der Waals surface area contributed by atoms with Crippen LogP contribution in [0.15, 0.2) is 0 Å². The number of unbranched alkanes of at least 4 members (excludes halogenated alkanes) is 3. The van der Waals surface area contributed by atoms with Crippen molar-refractivity contribution in [2.45, 2.75) is 59.8 Å². The minimum Gasteiger partial charge on any atom is -0.463 e. The molecule has 0 saturated heterocycles. The molecule has 0 aliphatic heterocycles. The van der Waals surface area contributed by atoms with Crippen LogP contribution in [0.25, 0.3) is 0 Å². The summed E-state index contributed by atoms with van der Waals surface area (Å²) in [6.07, 6.45) is 4.56. The highest BCUT2D eigenvalue weighted by molar-refractivity contribution is 5.75. The van der Waals surface area contributed by atoms with Crippen LogP contribution in [0, 0.1) is 5.41 Å². The molecule has 1 amide bonds. The first-order chi connectivity index (χ1) is 9.44. The van der Waals surface area contributed by atoms with Crippen LogP contribution in [0.1, 0.15) is 59.8 Å². The van der Waals surface area contributed by atoms with Crippen LogP contribution >= 0.6 is 0 Å². The number of carbonyl (C=O) groups excluding carboxylic acids is 2. The van der Waals surface area contributed by atoms with Crippen LogP contribution in [-0.4, -0.2) is 31.8 Å². The van der Waals surface area contributed by atoms with Crippen molar-refractivity contribution >= 4 is 12.1 Å². The van der Waals surface area contributed by atoms with Gasteiger partial charge in [-0.3, -0.25) is 4.79 Å². The number of esters is 1. The first kappa shape index (κ1) is 18.7. The van der Waals surface area contributed by atoms with Gasteiger partial charge in [0, 0.05) is 0 Å². The second kappa shape index (κ2) is 10.5. The molecule has 0 rings (SSSR count).